The summed E-state index contributed by atoms with van der Waals surface area (Å²) in [5.74, 6) is 2.54. The Bertz CT molecular complexity index is 943. The molecule has 0 fully saturated rings. The highest BCUT2D eigenvalue weighted by Gasteiger charge is 2.12. The predicted molar refractivity (Wildman–Crippen MR) is 112 cm³/mol. The molecule has 1 aromatic carbocycles. The van der Waals surface area contributed by atoms with Crippen LogP contribution in [-0.4, -0.2) is 37.2 Å². The second-order valence-electron chi connectivity index (χ2n) is 6.82. The Balaban J connectivity index is 1.76. The molecule has 0 amide bonds. The van der Waals surface area contributed by atoms with E-state index in [0.717, 1.165) is 33.9 Å². The third kappa shape index (κ3) is 4.92. The summed E-state index contributed by atoms with van der Waals surface area (Å²) in [4.78, 5) is 6.89. The summed E-state index contributed by atoms with van der Waals surface area (Å²) in [6, 6.07) is 12.2. The van der Waals surface area contributed by atoms with Crippen LogP contribution in [0.5, 0.6) is 0 Å². The number of benzene rings is 1. The van der Waals surface area contributed by atoms with Crippen molar-refractivity contribution in [3.05, 3.63) is 70.5 Å². The van der Waals surface area contributed by atoms with Gasteiger partial charge in [-0.05, 0) is 18.6 Å². The van der Waals surface area contributed by atoms with Gasteiger partial charge in [0.25, 0.3) is 0 Å². The molecule has 0 aliphatic heterocycles. The van der Waals surface area contributed by atoms with Crippen molar-refractivity contribution in [1.82, 2.24) is 29.5 Å². The first kappa shape index (κ1) is 19.9. The molecule has 3 rings (SSSR count). The van der Waals surface area contributed by atoms with E-state index >= 15 is 0 Å². The Labute approximate surface area is 170 Å². The highest BCUT2D eigenvalue weighted by molar-refractivity contribution is 6.30. The van der Waals surface area contributed by atoms with Gasteiger partial charge in [-0.25, -0.2) is 4.99 Å². The number of guanidine groups is 1. The van der Waals surface area contributed by atoms with Gasteiger partial charge < -0.3 is 19.4 Å². The van der Waals surface area contributed by atoms with Crippen LogP contribution in [0.15, 0.2) is 47.6 Å². The zero-order chi connectivity index (χ0) is 20.1. The van der Waals surface area contributed by atoms with Crippen molar-refractivity contribution >= 4 is 17.6 Å². The third-order valence-electron chi connectivity index (χ3n) is 4.68. The van der Waals surface area contributed by atoms with E-state index in [4.69, 9.17) is 16.6 Å². The fourth-order valence-corrected chi connectivity index (χ4v) is 3.14. The Kier molecular flexibility index (Phi) is 6.36. The van der Waals surface area contributed by atoms with Crippen molar-refractivity contribution in [2.24, 2.45) is 19.1 Å². The van der Waals surface area contributed by atoms with Crippen molar-refractivity contribution in [1.29, 1.82) is 0 Å². The van der Waals surface area contributed by atoms with Crippen LogP contribution >= 0.6 is 11.6 Å². The van der Waals surface area contributed by atoms with Gasteiger partial charge >= 0.3 is 0 Å². The molecule has 0 spiro atoms. The van der Waals surface area contributed by atoms with Crippen molar-refractivity contribution in [2.45, 2.75) is 26.6 Å². The fourth-order valence-electron chi connectivity index (χ4n) is 2.87. The SMILES string of the molecule is Cc1nnc(CNC(=NCc2ccccc2)N(C)Cc2cc(Cl)cn2C)n1C. The molecule has 3 aromatic rings. The molecule has 2 heterocycles. The van der Waals surface area contributed by atoms with Crippen LogP contribution in [0.3, 0.4) is 0 Å². The van der Waals surface area contributed by atoms with Crippen LogP contribution in [0.2, 0.25) is 5.02 Å². The maximum Gasteiger partial charge on any atom is 0.194 e. The lowest BCUT2D eigenvalue weighted by Gasteiger charge is -2.23. The number of aliphatic imine (C=N–C) groups is 1. The van der Waals surface area contributed by atoms with Gasteiger partial charge in [-0.3, -0.25) is 0 Å². The number of rotatable bonds is 6. The highest BCUT2D eigenvalue weighted by Crippen LogP contribution is 2.14. The minimum atomic E-state index is 0.545. The van der Waals surface area contributed by atoms with Gasteiger partial charge in [0.2, 0.25) is 0 Å². The summed E-state index contributed by atoms with van der Waals surface area (Å²) in [7, 11) is 5.97. The van der Waals surface area contributed by atoms with E-state index < -0.39 is 0 Å². The highest BCUT2D eigenvalue weighted by atomic mass is 35.5. The normalized spacial score (nSPS) is 11.7. The maximum atomic E-state index is 6.13. The summed E-state index contributed by atoms with van der Waals surface area (Å²) in [6.45, 7) is 3.76. The Morgan fingerprint density at radius 2 is 1.96 bits per heavy atom. The second-order valence-corrected chi connectivity index (χ2v) is 7.25. The molecular formula is C20H26ClN7. The Morgan fingerprint density at radius 3 is 2.57 bits per heavy atom. The monoisotopic (exact) mass is 399 g/mol. The standard InChI is InChI=1S/C20H26ClN7/c1-15-24-25-19(28(15)4)12-23-20(22-11-16-8-6-5-7-9-16)27(3)14-18-10-17(21)13-26(18)2/h5-10,13H,11-12,14H2,1-4H3,(H,22,23). The van der Waals surface area contributed by atoms with E-state index in [9.17, 15) is 0 Å². The third-order valence-corrected chi connectivity index (χ3v) is 4.88. The number of aromatic nitrogens is 4. The summed E-state index contributed by atoms with van der Waals surface area (Å²) < 4.78 is 4.00. The first-order valence-corrected chi connectivity index (χ1v) is 9.51. The number of aryl methyl sites for hydroxylation is 2. The molecule has 0 saturated carbocycles. The average molecular weight is 400 g/mol. The maximum absolute atomic E-state index is 6.13. The lowest BCUT2D eigenvalue weighted by Crippen LogP contribution is -2.39. The lowest BCUT2D eigenvalue weighted by atomic mass is 10.2. The minimum Gasteiger partial charge on any atom is -0.351 e. The van der Waals surface area contributed by atoms with Gasteiger partial charge in [0.05, 0.1) is 24.7 Å². The van der Waals surface area contributed by atoms with Crippen molar-refractivity contribution in [3.8, 4) is 0 Å². The molecule has 0 saturated heterocycles. The molecule has 0 aliphatic rings. The van der Waals surface area contributed by atoms with Crippen LogP contribution in [0.1, 0.15) is 22.9 Å². The summed E-state index contributed by atoms with van der Waals surface area (Å²) in [5.41, 5.74) is 2.27. The van der Waals surface area contributed by atoms with E-state index in [0.29, 0.717) is 19.6 Å². The van der Waals surface area contributed by atoms with Gasteiger partial charge in [-0.1, -0.05) is 41.9 Å². The molecule has 0 aliphatic carbocycles. The Morgan fingerprint density at radius 1 is 1.21 bits per heavy atom. The second kappa shape index (κ2) is 8.93. The van der Waals surface area contributed by atoms with Crippen LogP contribution in [0.25, 0.3) is 0 Å². The van der Waals surface area contributed by atoms with E-state index in [1.54, 1.807) is 0 Å². The van der Waals surface area contributed by atoms with Crippen molar-refractivity contribution < 1.29 is 0 Å². The van der Waals surface area contributed by atoms with Crippen molar-refractivity contribution in [2.75, 3.05) is 7.05 Å². The summed E-state index contributed by atoms with van der Waals surface area (Å²) in [5, 5.41) is 12.5. The quantitative estimate of drug-likeness (QED) is 0.511. The summed E-state index contributed by atoms with van der Waals surface area (Å²) >= 11 is 6.13. The van der Waals surface area contributed by atoms with Gasteiger partial charge in [-0.2, -0.15) is 0 Å². The predicted octanol–water partition coefficient (Wildman–Crippen LogP) is 2.89. The number of nitrogens with zero attached hydrogens (tertiary/aromatic N) is 6. The van der Waals surface area contributed by atoms with Gasteiger partial charge in [0.1, 0.15) is 5.82 Å². The zero-order valence-corrected chi connectivity index (χ0v) is 17.5. The first-order chi connectivity index (χ1) is 13.4. The number of hydrogen-bond acceptors (Lipinski definition) is 3. The molecular weight excluding hydrogens is 374 g/mol. The molecule has 0 unspecified atom stereocenters. The van der Waals surface area contributed by atoms with Gasteiger partial charge in [-0.15, -0.1) is 10.2 Å². The van der Waals surface area contributed by atoms with Gasteiger partial charge in [0, 0.05) is 33.0 Å². The molecule has 7 nitrogen and oxygen atoms in total. The Hall–Kier alpha value is -2.80. The number of hydrogen-bond donors (Lipinski definition) is 1. The molecule has 8 heteroatoms. The molecule has 28 heavy (non-hydrogen) atoms. The van der Waals surface area contributed by atoms with E-state index in [1.807, 2.05) is 67.7 Å². The topological polar surface area (TPSA) is 63.3 Å². The van der Waals surface area contributed by atoms with Crippen LogP contribution < -0.4 is 5.32 Å². The van der Waals surface area contributed by atoms with Crippen LogP contribution in [0.4, 0.5) is 0 Å². The van der Waals surface area contributed by atoms with Crippen molar-refractivity contribution in [3.63, 3.8) is 0 Å². The molecule has 0 atom stereocenters. The number of halogens is 1. The molecule has 0 bridgehead atoms. The van der Waals surface area contributed by atoms with Crippen LogP contribution in [0, 0.1) is 6.92 Å². The lowest BCUT2D eigenvalue weighted by molar-refractivity contribution is 0.458. The summed E-state index contributed by atoms with van der Waals surface area (Å²) in [6.07, 6.45) is 1.90. The molecule has 2 aromatic heterocycles. The van der Waals surface area contributed by atoms with E-state index in [1.165, 1.54) is 0 Å². The smallest absolute Gasteiger partial charge is 0.194 e. The van der Waals surface area contributed by atoms with E-state index in [-0.39, 0.29) is 0 Å². The van der Waals surface area contributed by atoms with Crippen LogP contribution in [-0.2, 0) is 33.7 Å². The zero-order valence-electron chi connectivity index (χ0n) is 16.7. The molecule has 1 N–H and O–H groups in total. The minimum absolute atomic E-state index is 0.545. The first-order valence-electron chi connectivity index (χ1n) is 9.13. The van der Waals surface area contributed by atoms with E-state index in [2.05, 4.69) is 32.5 Å². The average Bonchev–Trinajstić information content (AvgIpc) is 3.17. The fraction of sp³-hybridized carbons (Fsp3) is 0.350. The molecule has 148 valence electrons. The molecule has 0 radical (unpaired) electrons. The number of nitrogens with one attached hydrogen (secondary N) is 1. The largest absolute Gasteiger partial charge is 0.351 e. The van der Waals surface area contributed by atoms with Gasteiger partial charge in [0.15, 0.2) is 11.8 Å².